The van der Waals surface area contributed by atoms with E-state index in [9.17, 15) is 0 Å². The van der Waals surface area contributed by atoms with Crippen molar-refractivity contribution in [3.8, 4) is 0 Å². The van der Waals surface area contributed by atoms with E-state index in [1.807, 2.05) is 18.5 Å². The van der Waals surface area contributed by atoms with Crippen LogP contribution in [0.25, 0.3) is 0 Å². The average Bonchev–Trinajstić information content (AvgIpc) is 3.30. The summed E-state index contributed by atoms with van der Waals surface area (Å²) >= 11 is 1.75. The Morgan fingerprint density at radius 2 is 2.15 bits per heavy atom. The minimum atomic E-state index is 0.455. The van der Waals surface area contributed by atoms with Crippen LogP contribution in [-0.2, 0) is 13.6 Å². The van der Waals surface area contributed by atoms with E-state index >= 15 is 0 Å². The number of aliphatic imine (C=N–C) groups is 1. The Morgan fingerprint density at radius 1 is 1.35 bits per heavy atom. The van der Waals surface area contributed by atoms with Crippen molar-refractivity contribution in [2.75, 3.05) is 6.54 Å². The zero-order chi connectivity index (χ0) is 18.4. The van der Waals surface area contributed by atoms with Crippen molar-refractivity contribution in [1.29, 1.82) is 0 Å². The molecule has 2 aromatic heterocycles. The maximum Gasteiger partial charge on any atom is 0.191 e. The van der Waals surface area contributed by atoms with Gasteiger partial charge in [0.2, 0.25) is 0 Å². The van der Waals surface area contributed by atoms with E-state index in [0.717, 1.165) is 24.2 Å². The Morgan fingerprint density at radius 3 is 2.81 bits per heavy atom. The zero-order valence-electron chi connectivity index (χ0n) is 16.0. The molecule has 2 aromatic rings. The van der Waals surface area contributed by atoms with Crippen LogP contribution in [0.3, 0.4) is 0 Å². The third kappa shape index (κ3) is 5.06. The van der Waals surface area contributed by atoms with E-state index < -0.39 is 0 Å². The number of rotatable bonds is 6. The molecule has 1 aliphatic rings. The molecule has 0 bridgehead atoms. The molecule has 0 aliphatic heterocycles. The smallest absolute Gasteiger partial charge is 0.191 e. The van der Waals surface area contributed by atoms with Crippen molar-refractivity contribution in [2.45, 2.75) is 64.5 Å². The second-order valence-electron chi connectivity index (χ2n) is 7.21. The standard InChI is InChI=1S/C19H30N6S/c1-14(16-9-10-26-13-16)11-20-19(22-17-7-5-4-6-8-17)21-12-18-24-23-15(2)25(18)3/h9-10,13-14,17H,4-8,11-12H2,1-3H3,(H2,20,21,22). The van der Waals surface area contributed by atoms with Crippen LogP contribution < -0.4 is 10.6 Å². The number of thiophene rings is 1. The van der Waals surface area contributed by atoms with Crippen LogP contribution >= 0.6 is 11.3 Å². The molecule has 7 heteroatoms. The highest BCUT2D eigenvalue weighted by atomic mass is 32.1. The second kappa shape index (κ2) is 9.16. The third-order valence-electron chi connectivity index (χ3n) is 5.20. The topological polar surface area (TPSA) is 67.1 Å². The van der Waals surface area contributed by atoms with Crippen molar-refractivity contribution in [3.63, 3.8) is 0 Å². The van der Waals surface area contributed by atoms with Crippen molar-refractivity contribution in [1.82, 2.24) is 25.4 Å². The number of guanidine groups is 1. The van der Waals surface area contributed by atoms with Gasteiger partial charge in [-0.25, -0.2) is 4.99 Å². The van der Waals surface area contributed by atoms with Crippen LogP contribution in [0.4, 0.5) is 0 Å². The molecule has 0 radical (unpaired) electrons. The molecule has 142 valence electrons. The number of aryl methyl sites for hydroxylation is 1. The summed E-state index contributed by atoms with van der Waals surface area (Å²) in [5.74, 6) is 3.14. The molecule has 3 rings (SSSR count). The van der Waals surface area contributed by atoms with Gasteiger partial charge >= 0.3 is 0 Å². The largest absolute Gasteiger partial charge is 0.356 e. The Labute approximate surface area is 160 Å². The molecular formula is C19H30N6S. The quantitative estimate of drug-likeness (QED) is 0.601. The van der Waals surface area contributed by atoms with Crippen LogP contribution in [-0.4, -0.2) is 33.3 Å². The first kappa shape index (κ1) is 18.9. The molecule has 1 unspecified atom stereocenters. The first-order valence-corrected chi connectivity index (χ1v) is 10.5. The summed E-state index contributed by atoms with van der Waals surface area (Å²) in [6.07, 6.45) is 6.41. The van der Waals surface area contributed by atoms with Crippen molar-refractivity contribution >= 4 is 17.3 Å². The molecule has 1 aliphatic carbocycles. The van der Waals surface area contributed by atoms with Gasteiger partial charge in [0.1, 0.15) is 12.4 Å². The van der Waals surface area contributed by atoms with E-state index in [0.29, 0.717) is 18.5 Å². The highest BCUT2D eigenvalue weighted by Crippen LogP contribution is 2.18. The number of nitrogens with one attached hydrogen (secondary N) is 2. The monoisotopic (exact) mass is 374 g/mol. The number of hydrogen-bond acceptors (Lipinski definition) is 4. The lowest BCUT2D eigenvalue weighted by molar-refractivity contribution is 0.409. The van der Waals surface area contributed by atoms with Crippen molar-refractivity contribution < 1.29 is 0 Å². The average molecular weight is 375 g/mol. The summed E-state index contributed by atoms with van der Waals surface area (Å²) in [7, 11) is 1.99. The molecule has 6 nitrogen and oxygen atoms in total. The number of hydrogen-bond donors (Lipinski definition) is 2. The minimum absolute atomic E-state index is 0.455. The molecule has 0 amide bonds. The lowest BCUT2D eigenvalue weighted by atomic mass is 9.96. The van der Waals surface area contributed by atoms with Gasteiger partial charge in [-0.1, -0.05) is 26.2 Å². The molecule has 2 N–H and O–H groups in total. The Bertz CT molecular complexity index is 700. The molecule has 0 saturated heterocycles. The minimum Gasteiger partial charge on any atom is -0.356 e. The molecule has 2 heterocycles. The molecule has 1 saturated carbocycles. The first-order chi connectivity index (χ1) is 12.6. The van der Waals surface area contributed by atoms with Crippen molar-refractivity contribution in [2.24, 2.45) is 12.0 Å². The van der Waals surface area contributed by atoms with Crippen molar-refractivity contribution in [3.05, 3.63) is 34.0 Å². The molecule has 26 heavy (non-hydrogen) atoms. The maximum absolute atomic E-state index is 4.79. The highest BCUT2D eigenvalue weighted by molar-refractivity contribution is 7.07. The van der Waals surface area contributed by atoms with E-state index in [4.69, 9.17) is 4.99 Å². The van der Waals surface area contributed by atoms with Gasteiger partial charge in [0.05, 0.1) is 0 Å². The predicted octanol–water partition coefficient (Wildman–Crippen LogP) is 3.36. The van der Waals surface area contributed by atoms with Gasteiger partial charge in [-0.3, -0.25) is 0 Å². The summed E-state index contributed by atoms with van der Waals surface area (Å²) in [6, 6.07) is 2.72. The van der Waals surface area contributed by atoms with E-state index in [1.54, 1.807) is 11.3 Å². The number of aromatic nitrogens is 3. The summed E-state index contributed by atoms with van der Waals surface area (Å²) in [5, 5.41) is 19.9. The van der Waals surface area contributed by atoms with Gasteiger partial charge in [0.25, 0.3) is 0 Å². The van der Waals surface area contributed by atoms with Crippen LogP contribution in [0.5, 0.6) is 0 Å². The van der Waals surface area contributed by atoms with Crippen LogP contribution in [0.2, 0.25) is 0 Å². The summed E-state index contributed by atoms with van der Waals surface area (Å²) in [5.41, 5.74) is 1.38. The normalized spacial score (nSPS) is 17.3. The third-order valence-corrected chi connectivity index (χ3v) is 5.90. The Balaban J connectivity index is 1.63. The molecule has 0 aromatic carbocycles. The fourth-order valence-electron chi connectivity index (χ4n) is 3.25. The Hall–Kier alpha value is -1.89. The predicted molar refractivity (Wildman–Crippen MR) is 108 cm³/mol. The van der Waals surface area contributed by atoms with Gasteiger partial charge < -0.3 is 15.2 Å². The highest BCUT2D eigenvalue weighted by Gasteiger charge is 2.16. The Kier molecular flexibility index (Phi) is 6.66. The molecular weight excluding hydrogens is 344 g/mol. The van der Waals surface area contributed by atoms with Gasteiger partial charge in [-0.05, 0) is 48.1 Å². The van der Waals surface area contributed by atoms with Gasteiger partial charge in [0.15, 0.2) is 11.8 Å². The lowest BCUT2D eigenvalue weighted by Crippen LogP contribution is -2.45. The van der Waals surface area contributed by atoms with Crippen LogP contribution in [0.15, 0.2) is 21.8 Å². The second-order valence-corrected chi connectivity index (χ2v) is 7.99. The molecule has 1 fully saturated rings. The van der Waals surface area contributed by atoms with Gasteiger partial charge in [-0.15, -0.1) is 10.2 Å². The first-order valence-electron chi connectivity index (χ1n) is 9.55. The SMILES string of the molecule is Cc1nnc(CN=C(NCC(C)c2ccsc2)NC2CCCCC2)n1C. The summed E-state index contributed by atoms with van der Waals surface area (Å²) in [4.78, 5) is 4.79. The summed E-state index contributed by atoms with van der Waals surface area (Å²) < 4.78 is 2.00. The fraction of sp³-hybridized carbons (Fsp3) is 0.632. The van der Waals surface area contributed by atoms with Crippen LogP contribution in [0.1, 0.15) is 62.2 Å². The van der Waals surface area contributed by atoms with E-state index in [1.165, 1.54) is 37.7 Å². The van der Waals surface area contributed by atoms with Crippen LogP contribution in [0, 0.1) is 6.92 Å². The number of nitrogens with zero attached hydrogens (tertiary/aromatic N) is 4. The summed E-state index contributed by atoms with van der Waals surface area (Å²) in [6.45, 7) is 5.61. The molecule has 1 atom stereocenters. The van der Waals surface area contributed by atoms with Gasteiger partial charge in [-0.2, -0.15) is 11.3 Å². The van der Waals surface area contributed by atoms with Gasteiger partial charge in [0, 0.05) is 19.6 Å². The molecule has 0 spiro atoms. The zero-order valence-corrected chi connectivity index (χ0v) is 16.9. The maximum atomic E-state index is 4.79. The van der Waals surface area contributed by atoms with E-state index in [-0.39, 0.29) is 0 Å². The fourth-order valence-corrected chi connectivity index (χ4v) is 4.04. The van der Waals surface area contributed by atoms with E-state index in [2.05, 4.69) is 44.6 Å². The lowest BCUT2D eigenvalue weighted by Gasteiger charge is -2.25.